The molecule has 0 aromatic rings. The predicted molar refractivity (Wildman–Crippen MR) is 51.1 cm³/mol. The third-order valence-corrected chi connectivity index (χ3v) is 1.76. The summed E-state index contributed by atoms with van der Waals surface area (Å²) < 4.78 is 10.3. The van der Waals surface area contributed by atoms with E-state index in [0.29, 0.717) is 12.9 Å². The van der Waals surface area contributed by atoms with Gasteiger partial charge in [0.1, 0.15) is 6.79 Å². The number of hydrogen-bond acceptors (Lipinski definition) is 2. The van der Waals surface area contributed by atoms with Crippen LogP contribution in [0.25, 0.3) is 0 Å². The Bertz CT molecular complexity index is 85.8. The topological polar surface area (TPSA) is 18.5 Å². The van der Waals surface area contributed by atoms with E-state index in [2.05, 4.69) is 13.8 Å². The molecule has 74 valence electrons. The number of ether oxygens (including phenoxy) is 2. The molecule has 0 N–H and O–H groups in total. The summed E-state index contributed by atoms with van der Waals surface area (Å²) in [5.74, 6) is 0.782. The van der Waals surface area contributed by atoms with Crippen molar-refractivity contribution in [1.29, 1.82) is 0 Å². The molecule has 1 unspecified atom stereocenters. The van der Waals surface area contributed by atoms with E-state index in [0.717, 1.165) is 18.9 Å². The molecule has 2 heteroatoms. The minimum Gasteiger partial charge on any atom is -0.353 e. The zero-order chi connectivity index (χ0) is 9.40. The Hall–Kier alpha value is -0.0800. The molecule has 0 radical (unpaired) electrons. The molecule has 1 fully saturated rings. The van der Waals surface area contributed by atoms with Gasteiger partial charge in [-0.25, -0.2) is 0 Å². The van der Waals surface area contributed by atoms with Crippen molar-refractivity contribution in [3.63, 3.8) is 0 Å². The normalized spacial score (nSPS) is 22.2. The fourth-order valence-corrected chi connectivity index (χ4v) is 1.06. The molecule has 1 atom stereocenters. The maximum absolute atomic E-state index is 5.28. The molecule has 1 aliphatic rings. The molecule has 0 aromatic heterocycles. The first kappa shape index (κ1) is 11.9. The van der Waals surface area contributed by atoms with Crippen LogP contribution in [0.4, 0.5) is 0 Å². The monoisotopic (exact) mass is 174 g/mol. The Morgan fingerprint density at radius 1 is 1.33 bits per heavy atom. The van der Waals surface area contributed by atoms with Gasteiger partial charge in [0.2, 0.25) is 0 Å². The number of rotatable bonds is 3. The molecule has 1 heterocycles. The first-order valence-electron chi connectivity index (χ1n) is 4.98. The molecule has 0 amide bonds. The van der Waals surface area contributed by atoms with Crippen molar-refractivity contribution in [2.45, 2.75) is 46.6 Å². The van der Waals surface area contributed by atoms with Crippen molar-refractivity contribution in [2.24, 2.45) is 5.92 Å². The molecule has 0 bridgehead atoms. The van der Waals surface area contributed by atoms with Gasteiger partial charge in [0.25, 0.3) is 0 Å². The van der Waals surface area contributed by atoms with Crippen LogP contribution in [0, 0.1) is 5.92 Å². The van der Waals surface area contributed by atoms with Gasteiger partial charge in [0, 0.05) is 0 Å². The lowest BCUT2D eigenvalue weighted by molar-refractivity contribution is 0.0433. The second-order valence-electron chi connectivity index (χ2n) is 3.25. The average molecular weight is 174 g/mol. The van der Waals surface area contributed by atoms with Gasteiger partial charge in [-0.1, -0.05) is 27.7 Å². The summed E-state index contributed by atoms with van der Waals surface area (Å²) in [6.07, 6.45) is 2.77. The van der Waals surface area contributed by atoms with Crippen molar-refractivity contribution in [3.8, 4) is 0 Å². The third-order valence-electron chi connectivity index (χ3n) is 1.76. The van der Waals surface area contributed by atoms with Crippen LogP contribution in [0.2, 0.25) is 0 Å². The van der Waals surface area contributed by atoms with Crippen LogP contribution in [0.5, 0.6) is 0 Å². The highest BCUT2D eigenvalue weighted by Crippen LogP contribution is 2.13. The van der Waals surface area contributed by atoms with E-state index in [1.807, 2.05) is 13.8 Å². The van der Waals surface area contributed by atoms with Crippen molar-refractivity contribution in [1.82, 2.24) is 0 Å². The number of hydrogen-bond donors (Lipinski definition) is 0. The van der Waals surface area contributed by atoms with Gasteiger partial charge < -0.3 is 9.47 Å². The highest BCUT2D eigenvalue weighted by molar-refractivity contribution is 4.60. The van der Waals surface area contributed by atoms with Crippen LogP contribution in [0.3, 0.4) is 0 Å². The lowest BCUT2D eigenvalue weighted by atomic mass is 10.1. The first-order valence-corrected chi connectivity index (χ1v) is 4.98. The van der Waals surface area contributed by atoms with Crippen LogP contribution in [0.1, 0.15) is 40.5 Å². The van der Waals surface area contributed by atoms with E-state index in [-0.39, 0.29) is 0 Å². The summed E-state index contributed by atoms with van der Waals surface area (Å²) in [5.41, 5.74) is 0. The van der Waals surface area contributed by atoms with E-state index in [1.165, 1.54) is 6.42 Å². The summed E-state index contributed by atoms with van der Waals surface area (Å²) in [6, 6.07) is 0. The fourth-order valence-electron chi connectivity index (χ4n) is 1.06. The molecule has 0 spiro atoms. The molecular formula is C10H22O2. The molecular weight excluding hydrogens is 152 g/mol. The van der Waals surface area contributed by atoms with Crippen LogP contribution in [-0.4, -0.2) is 19.5 Å². The third kappa shape index (κ3) is 5.56. The van der Waals surface area contributed by atoms with Gasteiger partial charge in [-0.05, 0) is 18.8 Å². The zero-order valence-electron chi connectivity index (χ0n) is 8.80. The quantitative estimate of drug-likeness (QED) is 0.655. The summed E-state index contributed by atoms with van der Waals surface area (Å²) in [7, 11) is 0. The maximum Gasteiger partial charge on any atom is 0.147 e. The van der Waals surface area contributed by atoms with Gasteiger partial charge in [0.05, 0.1) is 12.7 Å². The first-order chi connectivity index (χ1) is 5.79. The lowest BCUT2D eigenvalue weighted by Crippen LogP contribution is -2.09. The van der Waals surface area contributed by atoms with E-state index in [4.69, 9.17) is 9.47 Å². The SMILES string of the molecule is CC.CC(C)CCC1COCO1. The van der Waals surface area contributed by atoms with Crippen LogP contribution in [0.15, 0.2) is 0 Å². The van der Waals surface area contributed by atoms with Crippen molar-refractivity contribution in [2.75, 3.05) is 13.4 Å². The Kier molecular flexibility index (Phi) is 7.51. The Balaban J connectivity index is 0.000000561. The van der Waals surface area contributed by atoms with Gasteiger partial charge in [-0.2, -0.15) is 0 Å². The second kappa shape index (κ2) is 7.56. The van der Waals surface area contributed by atoms with Crippen molar-refractivity contribution in [3.05, 3.63) is 0 Å². The summed E-state index contributed by atoms with van der Waals surface area (Å²) >= 11 is 0. The molecule has 1 rings (SSSR count). The van der Waals surface area contributed by atoms with Crippen molar-refractivity contribution < 1.29 is 9.47 Å². The fraction of sp³-hybridized carbons (Fsp3) is 1.00. The summed E-state index contributed by atoms with van der Waals surface area (Å²) in [5, 5.41) is 0. The van der Waals surface area contributed by atoms with E-state index >= 15 is 0 Å². The molecule has 0 aliphatic carbocycles. The molecule has 0 saturated carbocycles. The summed E-state index contributed by atoms with van der Waals surface area (Å²) in [4.78, 5) is 0. The highest BCUT2D eigenvalue weighted by Gasteiger charge is 2.15. The summed E-state index contributed by atoms with van der Waals surface area (Å²) in [6.45, 7) is 9.76. The Labute approximate surface area is 76.3 Å². The standard InChI is InChI=1S/C8H16O2.C2H6/c1-7(2)3-4-8-5-9-6-10-8;1-2/h7-8H,3-6H2,1-2H3;1-2H3. The highest BCUT2D eigenvalue weighted by atomic mass is 16.7. The molecule has 1 aliphatic heterocycles. The van der Waals surface area contributed by atoms with Crippen LogP contribution >= 0.6 is 0 Å². The minimum absolute atomic E-state index is 0.377. The van der Waals surface area contributed by atoms with Crippen LogP contribution < -0.4 is 0 Å². The predicted octanol–water partition coefficient (Wildman–Crippen LogP) is 2.82. The molecule has 12 heavy (non-hydrogen) atoms. The van der Waals surface area contributed by atoms with Gasteiger partial charge in [-0.15, -0.1) is 0 Å². The van der Waals surface area contributed by atoms with E-state index in [1.54, 1.807) is 0 Å². The Morgan fingerprint density at radius 3 is 2.42 bits per heavy atom. The maximum atomic E-state index is 5.28. The molecule has 1 saturated heterocycles. The van der Waals surface area contributed by atoms with Gasteiger partial charge >= 0.3 is 0 Å². The average Bonchev–Trinajstić information content (AvgIpc) is 2.56. The second-order valence-corrected chi connectivity index (χ2v) is 3.25. The Morgan fingerprint density at radius 2 is 2.00 bits per heavy atom. The van der Waals surface area contributed by atoms with E-state index < -0.39 is 0 Å². The van der Waals surface area contributed by atoms with Gasteiger partial charge in [0.15, 0.2) is 0 Å². The molecule has 0 aromatic carbocycles. The smallest absolute Gasteiger partial charge is 0.147 e. The minimum atomic E-state index is 0.377. The van der Waals surface area contributed by atoms with E-state index in [9.17, 15) is 0 Å². The van der Waals surface area contributed by atoms with Crippen molar-refractivity contribution >= 4 is 0 Å². The van der Waals surface area contributed by atoms with Gasteiger partial charge in [-0.3, -0.25) is 0 Å². The lowest BCUT2D eigenvalue weighted by Gasteiger charge is -2.08. The largest absolute Gasteiger partial charge is 0.353 e. The zero-order valence-corrected chi connectivity index (χ0v) is 8.80. The molecule has 2 nitrogen and oxygen atoms in total. The van der Waals surface area contributed by atoms with Crippen LogP contribution in [-0.2, 0) is 9.47 Å².